The molecular formula is C20H40IN5O2. The molecular weight excluding hydrogens is 469 g/mol. The van der Waals surface area contributed by atoms with Crippen LogP contribution in [0.3, 0.4) is 0 Å². The molecule has 2 fully saturated rings. The molecule has 2 heterocycles. The molecule has 0 aromatic rings. The summed E-state index contributed by atoms with van der Waals surface area (Å²) < 4.78 is 5.45. The van der Waals surface area contributed by atoms with Crippen LogP contribution in [0.15, 0.2) is 4.99 Å². The molecule has 0 bridgehead atoms. The standard InChI is InChI=1S/C20H39N5O2.HI/c1-19(2,3)27-18(26)24-14-12-23(13-15-24)10-7-9-22-17(21-6)25-11-8-20(4,5)16-25;/h7-16H2,1-6H3,(H,21,22);1H. The number of likely N-dealkylation sites (tertiary alicyclic amines) is 1. The molecule has 2 aliphatic rings. The number of hydrogen-bond donors (Lipinski definition) is 1. The Hall–Kier alpha value is -0.770. The number of aliphatic imine (C=N–C) groups is 1. The number of nitrogens with one attached hydrogen (secondary N) is 1. The van der Waals surface area contributed by atoms with Crippen molar-refractivity contribution in [3.8, 4) is 0 Å². The highest BCUT2D eigenvalue weighted by Gasteiger charge is 2.31. The molecule has 0 aliphatic carbocycles. The third-order valence-electron chi connectivity index (χ3n) is 5.15. The van der Waals surface area contributed by atoms with Crippen LogP contribution in [0.5, 0.6) is 0 Å². The molecule has 1 N–H and O–H groups in total. The van der Waals surface area contributed by atoms with E-state index in [1.165, 1.54) is 6.42 Å². The van der Waals surface area contributed by atoms with Gasteiger partial charge in [-0.15, -0.1) is 24.0 Å². The van der Waals surface area contributed by atoms with Crippen molar-refractivity contribution < 1.29 is 9.53 Å². The summed E-state index contributed by atoms with van der Waals surface area (Å²) in [6, 6.07) is 0. The second-order valence-electron chi connectivity index (χ2n) is 9.47. The molecule has 0 aromatic carbocycles. The van der Waals surface area contributed by atoms with Gasteiger partial charge in [-0.1, -0.05) is 13.8 Å². The molecule has 0 saturated carbocycles. The zero-order chi connectivity index (χ0) is 20.1. The van der Waals surface area contributed by atoms with E-state index < -0.39 is 5.60 Å². The fourth-order valence-electron chi connectivity index (χ4n) is 3.61. The zero-order valence-corrected chi connectivity index (χ0v) is 20.9. The third-order valence-corrected chi connectivity index (χ3v) is 5.15. The Labute approximate surface area is 188 Å². The molecule has 1 amide bonds. The smallest absolute Gasteiger partial charge is 0.410 e. The molecule has 28 heavy (non-hydrogen) atoms. The SMILES string of the molecule is CN=C(NCCCN1CCN(C(=O)OC(C)(C)C)CC1)N1CCC(C)(C)C1.I. The van der Waals surface area contributed by atoms with Crippen molar-refractivity contribution in [2.24, 2.45) is 10.4 Å². The minimum Gasteiger partial charge on any atom is -0.444 e. The average molecular weight is 509 g/mol. The predicted molar refractivity (Wildman–Crippen MR) is 126 cm³/mol. The van der Waals surface area contributed by atoms with Crippen LogP contribution >= 0.6 is 24.0 Å². The average Bonchev–Trinajstić information content (AvgIpc) is 2.93. The highest BCUT2D eigenvalue weighted by molar-refractivity contribution is 14.0. The maximum Gasteiger partial charge on any atom is 0.410 e. The lowest BCUT2D eigenvalue weighted by molar-refractivity contribution is 0.0145. The van der Waals surface area contributed by atoms with Gasteiger partial charge >= 0.3 is 6.09 Å². The lowest BCUT2D eigenvalue weighted by Gasteiger charge is -2.35. The zero-order valence-electron chi connectivity index (χ0n) is 18.6. The first-order valence-electron chi connectivity index (χ1n) is 10.3. The van der Waals surface area contributed by atoms with E-state index in [1.807, 2.05) is 32.7 Å². The first-order valence-corrected chi connectivity index (χ1v) is 10.3. The van der Waals surface area contributed by atoms with Crippen LogP contribution in [0.25, 0.3) is 0 Å². The quantitative estimate of drug-likeness (QED) is 0.274. The predicted octanol–water partition coefficient (Wildman–Crippen LogP) is 2.85. The van der Waals surface area contributed by atoms with Crippen molar-refractivity contribution >= 4 is 36.0 Å². The second-order valence-corrected chi connectivity index (χ2v) is 9.47. The minimum absolute atomic E-state index is 0. The summed E-state index contributed by atoms with van der Waals surface area (Å²) in [7, 11) is 1.86. The number of piperazine rings is 1. The van der Waals surface area contributed by atoms with E-state index in [4.69, 9.17) is 4.74 Å². The fourth-order valence-corrected chi connectivity index (χ4v) is 3.61. The van der Waals surface area contributed by atoms with E-state index >= 15 is 0 Å². The summed E-state index contributed by atoms with van der Waals surface area (Å²) in [5, 5.41) is 3.51. The molecule has 0 spiro atoms. The lowest BCUT2D eigenvalue weighted by atomic mass is 9.93. The fraction of sp³-hybridized carbons (Fsp3) is 0.900. The van der Waals surface area contributed by atoms with Gasteiger partial charge in [-0.25, -0.2) is 4.79 Å². The van der Waals surface area contributed by atoms with Crippen molar-refractivity contribution in [2.75, 3.05) is 59.4 Å². The summed E-state index contributed by atoms with van der Waals surface area (Å²) in [6.45, 7) is 17.8. The number of rotatable bonds is 4. The van der Waals surface area contributed by atoms with Crippen LogP contribution in [-0.4, -0.2) is 91.8 Å². The molecule has 0 aromatic heterocycles. The summed E-state index contributed by atoms with van der Waals surface area (Å²) in [5.74, 6) is 1.02. The number of ether oxygens (including phenoxy) is 1. The number of hydrogen-bond acceptors (Lipinski definition) is 4. The largest absolute Gasteiger partial charge is 0.444 e. The van der Waals surface area contributed by atoms with Crippen LogP contribution in [0.1, 0.15) is 47.5 Å². The van der Waals surface area contributed by atoms with Gasteiger partial charge in [0.05, 0.1) is 0 Å². The number of carbonyl (C=O) groups excluding carboxylic acids is 1. The molecule has 164 valence electrons. The van der Waals surface area contributed by atoms with E-state index in [2.05, 4.69) is 34.0 Å². The van der Waals surface area contributed by atoms with Crippen molar-refractivity contribution in [3.05, 3.63) is 0 Å². The monoisotopic (exact) mass is 509 g/mol. The van der Waals surface area contributed by atoms with Gasteiger partial charge in [0, 0.05) is 52.9 Å². The van der Waals surface area contributed by atoms with Gasteiger partial charge in [0.15, 0.2) is 5.96 Å². The number of halogens is 1. The topological polar surface area (TPSA) is 60.4 Å². The van der Waals surface area contributed by atoms with Gasteiger partial charge in [0.25, 0.3) is 0 Å². The summed E-state index contributed by atoms with van der Waals surface area (Å²) in [6.07, 6.45) is 2.10. The number of amides is 1. The summed E-state index contributed by atoms with van der Waals surface area (Å²) in [4.78, 5) is 23.2. The van der Waals surface area contributed by atoms with Gasteiger partial charge in [0.1, 0.15) is 5.60 Å². The van der Waals surface area contributed by atoms with Crippen LogP contribution in [0, 0.1) is 5.41 Å². The molecule has 0 radical (unpaired) electrons. The van der Waals surface area contributed by atoms with Gasteiger partial charge in [-0.05, 0) is 45.6 Å². The minimum atomic E-state index is -0.428. The number of carbonyl (C=O) groups is 1. The Morgan fingerprint density at radius 2 is 1.75 bits per heavy atom. The molecule has 0 unspecified atom stereocenters. The Kier molecular flexibility index (Phi) is 9.79. The maximum absolute atomic E-state index is 12.1. The normalized spacial score (nSPS) is 20.7. The van der Waals surface area contributed by atoms with E-state index in [1.54, 1.807) is 0 Å². The van der Waals surface area contributed by atoms with Gasteiger partial charge in [-0.2, -0.15) is 0 Å². The Morgan fingerprint density at radius 3 is 2.25 bits per heavy atom. The van der Waals surface area contributed by atoms with Crippen LogP contribution < -0.4 is 5.32 Å². The van der Waals surface area contributed by atoms with Crippen molar-refractivity contribution in [2.45, 2.75) is 53.1 Å². The first kappa shape index (κ1) is 25.3. The van der Waals surface area contributed by atoms with Crippen LogP contribution in [-0.2, 0) is 4.74 Å². The van der Waals surface area contributed by atoms with Crippen LogP contribution in [0.4, 0.5) is 4.79 Å². The molecule has 7 nitrogen and oxygen atoms in total. The van der Waals surface area contributed by atoms with E-state index in [9.17, 15) is 4.79 Å². The van der Waals surface area contributed by atoms with Crippen molar-refractivity contribution in [3.63, 3.8) is 0 Å². The number of guanidine groups is 1. The molecule has 8 heteroatoms. The van der Waals surface area contributed by atoms with Gasteiger partial charge in [-0.3, -0.25) is 9.89 Å². The summed E-state index contributed by atoms with van der Waals surface area (Å²) >= 11 is 0. The highest BCUT2D eigenvalue weighted by Crippen LogP contribution is 2.28. The van der Waals surface area contributed by atoms with Gasteiger partial charge < -0.3 is 19.9 Å². The molecule has 2 saturated heterocycles. The first-order chi connectivity index (χ1) is 12.6. The van der Waals surface area contributed by atoms with Gasteiger partial charge in [0.2, 0.25) is 0 Å². The second kappa shape index (κ2) is 10.8. The van der Waals surface area contributed by atoms with Crippen LogP contribution in [0.2, 0.25) is 0 Å². The van der Waals surface area contributed by atoms with Crippen molar-refractivity contribution in [1.29, 1.82) is 0 Å². The molecule has 0 atom stereocenters. The molecule has 2 aliphatic heterocycles. The Morgan fingerprint density at radius 1 is 1.11 bits per heavy atom. The lowest BCUT2D eigenvalue weighted by Crippen LogP contribution is -2.50. The Bertz CT molecular complexity index is 525. The van der Waals surface area contributed by atoms with Crippen molar-refractivity contribution in [1.82, 2.24) is 20.0 Å². The van der Waals surface area contributed by atoms with E-state index in [0.29, 0.717) is 5.41 Å². The highest BCUT2D eigenvalue weighted by atomic mass is 127. The Balaban J connectivity index is 0.00000392. The number of nitrogens with zero attached hydrogens (tertiary/aromatic N) is 4. The molecule has 2 rings (SSSR count). The maximum atomic E-state index is 12.1. The van der Waals surface area contributed by atoms with E-state index in [-0.39, 0.29) is 30.1 Å². The third kappa shape index (κ3) is 8.31. The van der Waals surface area contributed by atoms with E-state index in [0.717, 1.165) is 64.7 Å². The summed E-state index contributed by atoms with van der Waals surface area (Å²) in [5.41, 5.74) is -0.0472.